The number of benzene rings is 1. The second-order valence-corrected chi connectivity index (χ2v) is 4.21. The van der Waals surface area contributed by atoms with E-state index < -0.39 is 6.10 Å². The molecule has 0 aromatic heterocycles. The van der Waals surface area contributed by atoms with Crippen molar-refractivity contribution in [2.45, 2.75) is 31.9 Å². The van der Waals surface area contributed by atoms with Gasteiger partial charge in [-0.25, -0.2) is 0 Å². The van der Waals surface area contributed by atoms with Gasteiger partial charge in [-0.15, -0.1) is 0 Å². The molecule has 0 saturated heterocycles. The molecule has 16 heavy (non-hydrogen) atoms. The summed E-state index contributed by atoms with van der Waals surface area (Å²) >= 11 is 0. The van der Waals surface area contributed by atoms with Gasteiger partial charge in [-0.3, -0.25) is 0 Å². The normalized spacial score (nSPS) is 14.8. The molecule has 2 unspecified atom stereocenters. The SMILES string of the molecule is COCCC(N)CC(O)c1cccc(C)c1. The van der Waals surface area contributed by atoms with E-state index in [2.05, 4.69) is 0 Å². The zero-order chi connectivity index (χ0) is 12.0. The van der Waals surface area contributed by atoms with Gasteiger partial charge in [0.05, 0.1) is 6.10 Å². The lowest BCUT2D eigenvalue weighted by atomic mass is 9.99. The van der Waals surface area contributed by atoms with E-state index in [4.69, 9.17) is 10.5 Å². The van der Waals surface area contributed by atoms with Crippen LogP contribution in [-0.2, 0) is 4.74 Å². The molecule has 0 fully saturated rings. The fourth-order valence-corrected chi connectivity index (χ4v) is 1.69. The van der Waals surface area contributed by atoms with Crippen molar-refractivity contribution in [2.24, 2.45) is 5.73 Å². The minimum atomic E-state index is -0.480. The largest absolute Gasteiger partial charge is 0.388 e. The Kier molecular flexibility index (Phi) is 5.46. The van der Waals surface area contributed by atoms with Crippen molar-refractivity contribution in [3.8, 4) is 0 Å². The van der Waals surface area contributed by atoms with Crippen LogP contribution < -0.4 is 5.73 Å². The third kappa shape index (κ3) is 4.31. The van der Waals surface area contributed by atoms with E-state index in [1.54, 1.807) is 7.11 Å². The van der Waals surface area contributed by atoms with E-state index >= 15 is 0 Å². The summed E-state index contributed by atoms with van der Waals surface area (Å²) in [5.74, 6) is 0. The molecule has 0 radical (unpaired) electrons. The summed E-state index contributed by atoms with van der Waals surface area (Å²) in [7, 11) is 1.66. The van der Waals surface area contributed by atoms with Crippen molar-refractivity contribution in [3.05, 3.63) is 35.4 Å². The molecular weight excluding hydrogens is 202 g/mol. The minimum Gasteiger partial charge on any atom is -0.388 e. The van der Waals surface area contributed by atoms with E-state index in [9.17, 15) is 5.11 Å². The average molecular weight is 223 g/mol. The van der Waals surface area contributed by atoms with Crippen LogP contribution in [0.4, 0.5) is 0 Å². The van der Waals surface area contributed by atoms with Gasteiger partial charge in [-0.2, -0.15) is 0 Å². The first-order valence-corrected chi connectivity index (χ1v) is 5.62. The first-order chi connectivity index (χ1) is 7.63. The van der Waals surface area contributed by atoms with Crippen LogP contribution in [-0.4, -0.2) is 24.9 Å². The van der Waals surface area contributed by atoms with Crippen LogP contribution in [0.2, 0.25) is 0 Å². The third-order valence-corrected chi connectivity index (χ3v) is 2.65. The van der Waals surface area contributed by atoms with Crippen LogP contribution in [0.5, 0.6) is 0 Å². The van der Waals surface area contributed by atoms with Gasteiger partial charge in [-0.05, 0) is 25.3 Å². The van der Waals surface area contributed by atoms with Crippen LogP contribution in [0.1, 0.15) is 30.1 Å². The van der Waals surface area contributed by atoms with Gasteiger partial charge in [0, 0.05) is 19.8 Å². The summed E-state index contributed by atoms with van der Waals surface area (Å²) in [6.07, 6.45) is 0.874. The summed E-state index contributed by atoms with van der Waals surface area (Å²) in [5.41, 5.74) is 7.99. The fourth-order valence-electron chi connectivity index (χ4n) is 1.69. The molecule has 0 saturated carbocycles. The van der Waals surface area contributed by atoms with E-state index in [1.807, 2.05) is 31.2 Å². The maximum atomic E-state index is 9.99. The molecule has 0 aliphatic heterocycles. The molecule has 1 aromatic rings. The average Bonchev–Trinajstić information content (AvgIpc) is 2.26. The molecule has 0 bridgehead atoms. The Morgan fingerprint density at radius 1 is 1.44 bits per heavy atom. The minimum absolute atomic E-state index is 0.0181. The van der Waals surface area contributed by atoms with Crippen molar-refractivity contribution in [1.82, 2.24) is 0 Å². The lowest BCUT2D eigenvalue weighted by Crippen LogP contribution is -2.24. The van der Waals surface area contributed by atoms with Crippen LogP contribution >= 0.6 is 0 Å². The Morgan fingerprint density at radius 2 is 2.19 bits per heavy atom. The molecule has 3 N–H and O–H groups in total. The molecule has 0 amide bonds. The number of ether oxygens (including phenoxy) is 1. The molecule has 0 heterocycles. The molecular formula is C13H21NO2. The molecule has 3 heteroatoms. The summed E-state index contributed by atoms with van der Waals surface area (Å²) in [6, 6.07) is 7.87. The topological polar surface area (TPSA) is 55.5 Å². The molecule has 2 atom stereocenters. The molecule has 0 spiro atoms. The van der Waals surface area contributed by atoms with Crippen molar-refractivity contribution >= 4 is 0 Å². The van der Waals surface area contributed by atoms with E-state index in [0.717, 1.165) is 17.5 Å². The highest BCUT2D eigenvalue weighted by molar-refractivity contribution is 5.24. The molecule has 3 nitrogen and oxygen atoms in total. The third-order valence-electron chi connectivity index (χ3n) is 2.65. The van der Waals surface area contributed by atoms with Gasteiger partial charge in [0.15, 0.2) is 0 Å². The van der Waals surface area contributed by atoms with E-state index in [-0.39, 0.29) is 6.04 Å². The first kappa shape index (κ1) is 13.2. The van der Waals surface area contributed by atoms with Gasteiger partial charge >= 0.3 is 0 Å². The zero-order valence-electron chi connectivity index (χ0n) is 10.0. The standard InChI is InChI=1S/C13H21NO2/c1-10-4-3-5-11(8-10)13(15)9-12(14)6-7-16-2/h3-5,8,12-13,15H,6-7,9,14H2,1-2H3. The fraction of sp³-hybridized carbons (Fsp3) is 0.538. The van der Waals surface area contributed by atoms with Crippen molar-refractivity contribution in [2.75, 3.05) is 13.7 Å². The first-order valence-electron chi connectivity index (χ1n) is 5.62. The predicted molar refractivity (Wildman–Crippen MR) is 65.2 cm³/mol. The Hall–Kier alpha value is -0.900. The maximum Gasteiger partial charge on any atom is 0.0804 e. The highest BCUT2D eigenvalue weighted by Crippen LogP contribution is 2.19. The number of aryl methyl sites for hydroxylation is 1. The number of aliphatic hydroxyl groups is 1. The lowest BCUT2D eigenvalue weighted by molar-refractivity contribution is 0.141. The van der Waals surface area contributed by atoms with Crippen LogP contribution in [0.25, 0.3) is 0 Å². The molecule has 90 valence electrons. The van der Waals surface area contributed by atoms with Gasteiger partial charge in [0.25, 0.3) is 0 Å². The van der Waals surface area contributed by atoms with Crippen LogP contribution in [0, 0.1) is 6.92 Å². The van der Waals surface area contributed by atoms with E-state index in [0.29, 0.717) is 13.0 Å². The molecule has 1 aromatic carbocycles. The number of aliphatic hydroxyl groups excluding tert-OH is 1. The number of methoxy groups -OCH3 is 1. The summed E-state index contributed by atoms with van der Waals surface area (Å²) in [6.45, 7) is 2.66. The number of hydrogen-bond donors (Lipinski definition) is 2. The monoisotopic (exact) mass is 223 g/mol. The summed E-state index contributed by atoms with van der Waals surface area (Å²) < 4.78 is 4.96. The number of nitrogens with two attached hydrogens (primary N) is 1. The van der Waals surface area contributed by atoms with Crippen molar-refractivity contribution in [1.29, 1.82) is 0 Å². The van der Waals surface area contributed by atoms with Crippen molar-refractivity contribution in [3.63, 3.8) is 0 Å². The van der Waals surface area contributed by atoms with Gasteiger partial charge < -0.3 is 15.6 Å². The molecule has 0 aliphatic carbocycles. The number of rotatable bonds is 6. The van der Waals surface area contributed by atoms with Gasteiger partial charge in [0.2, 0.25) is 0 Å². The van der Waals surface area contributed by atoms with Crippen molar-refractivity contribution < 1.29 is 9.84 Å². The second-order valence-electron chi connectivity index (χ2n) is 4.21. The summed E-state index contributed by atoms with van der Waals surface area (Å²) in [5, 5.41) is 9.99. The number of hydrogen-bond acceptors (Lipinski definition) is 3. The Balaban J connectivity index is 2.48. The Labute approximate surface area is 97.2 Å². The quantitative estimate of drug-likeness (QED) is 0.773. The highest BCUT2D eigenvalue weighted by Gasteiger charge is 2.12. The van der Waals surface area contributed by atoms with Gasteiger partial charge in [0.1, 0.15) is 0 Å². The highest BCUT2D eigenvalue weighted by atomic mass is 16.5. The Morgan fingerprint density at radius 3 is 2.81 bits per heavy atom. The Bertz CT molecular complexity index is 315. The lowest BCUT2D eigenvalue weighted by Gasteiger charge is -2.16. The van der Waals surface area contributed by atoms with E-state index in [1.165, 1.54) is 0 Å². The van der Waals surface area contributed by atoms with Crippen LogP contribution in [0.15, 0.2) is 24.3 Å². The smallest absolute Gasteiger partial charge is 0.0804 e. The zero-order valence-corrected chi connectivity index (χ0v) is 10.0. The van der Waals surface area contributed by atoms with Crippen LogP contribution in [0.3, 0.4) is 0 Å². The second kappa shape index (κ2) is 6.63. The summed E-state index contributed by atoms with van der Waals surface area (Å²) in [4.78, 5) is 0. The molecule has 0 aliphatic rings. The van der Waals surface area contributed by atoms with Gasteiger partial charge in [-0.1, -0.05) is 29.8 Å². The molecule has 1 rings (SSSR count). The predicted octanol–water partition coefficient (Wildman–Crippen LogP) is 1.78. The maximum absolute atomic E-state index is 9.99.